The Labute approximate surface area is 169 Å². The minimum absolute atomic E-state index is 0.0568. The van der Waals surface area contributed by atoms with Crippen LogP contribution in [0.25, 0.3) is 0 Å². The Morgan fingerprint density at radius 1 is 1.03 bits per heavy atom. The largest absolute Gasteiger partial charge is 0.507 e. The molecule has 0 aromatic heterocycles. The van der Waals surface area contributed by atoms with Gasteiger partial charge in [-0.15, -0.1) is 0 Å². The first kappa shape index (κ1) is 19.8. The summed E-state index contributed by atoms with van der Waals surface area (Å²) in [5.74, 6) is -0.747. The van der Waals surface area contributed by atoms with Gasteiger partial charge in [0.15, 0.2) is 11.6 Å². The molecular formula is C23H25NO5. The van der Waals surface area contributed by atoms with Gasteiger partial charge in [0.25, 0.3) is 0 Å². The summed E-state index contributed by atoms with van der Waals surface area (Å²) in [6, 6.07) is 9.92. The van der Waals surface area contributed by atoms with E-state index >= 15 is 0 Å². The number of benzene rings is 2. The predicted molar refractivity (Wildman–Crippen MR) is 108 cm³/mol. The zero-order chi connectivity index (χ0) is 20.9. The molecule has 6 nitrogen and oxygen atoms in total. The number of fused-ring (bicyclic) bond motifs is 2. The van der Waals surface area contributed by atoms with Crippen LogP contribution in [0.15, 0.2) is 36.4 Å². The molecule has 0 unspecified atom stereocenters. The number of aliphatic hydroxyl groups is 1. The van der Waals surface area contributed by atoms with Crippen molar-refractivity contribution in [2.24, 2.45) is 0 Å². The van der Waals surface area contributed by atoms with Crippen LogP contribution in [0.1, 0.15) is 50.8 Å². The van der Waals surface area contributed by atoms with Gasteiger partial charge in [0.2, 0.25) is 0 Å². The van der Waals surface area contributed by atoms with E-state index < -0.39 is 6.10 Å². The third-order valence-electron chi connectivity index (χ3n) is 6.05. The van der Waals surface area contributed by atoms with Gasteiger partial charge < -0.3 is 19.8 Å². The van der Waals surface area contributed by atoms with E-state index in [9.17, 15) is 19.8 Å². The number of aromatic hydroxyl groups is 1. The van der Waals surface area contributed by atoms with Gasteiger partial charge >= 0.3 is 0 Å². The summed E-state index contributed by atoms with van der Waals surface area (Å²) in [4.78, 5) is 27.7. The van der Waals surface area contributed by atoms with E-state index in [1.165, 1.54) is 0 Å². The average molecular weight is 395 g/mol. The van der Waals surface area contributed by atoms with Crippen molar-refractivity contribution in [2.45, 2.75) is 44.1 Å². The molecule has 0 amide bonds. The van der Waals surface area contributed by atoms with E-state index in [4.69, 9.17) is 4.74 Å². The lowest BCUT2D eigenvalue weighted by molar-refractivity contribution is -0.139. The summed E-state index contributed by atoms with van der Waals surface area (Å²) in [6.07, 6.45) is -0.148. The van der Waals surface area contributed by atoms with E-state index in [1.54, 1.807) is 36.4 Å². The monoisotopic (exact) mass is 395 g/mol. The highest BCUT2D eigenvalue weighted by Gasteiger charge is 2.38. The molecule has 1 fully saturated rings. The topological polar surface area (TPSA) is 87.1 Å². The number of ether oxygens (including phenoxy) is 1. The Balaban J connectivity index is 1.66. The van der Waals surface area contributed by atoms with Crippen molar-refractivity contribution in [3.05, 3.63) is 64.2 Å². The number of aliphatic hydroxyl groups excluding tert-OH is 1. The standard InChI is InChI=1S/C23H25NO5/c1-12-20(25)18(24(2)3)11-14(29-12)10-13-8-9-17-19(21(13)26)23(28)16-7-5-4-6-15(16)22(17)27/h4-9,12,14,18,20,25-26H,10-11H2,1-3H3/t12-,14-,18+,20-/m1/s1. The summed E-state index contributed by atoms with van der Waals surface area (Å²) in [5.41, 5.74) is 1.55. The summed E-state index contributed by atoms with van der Waals surface area (Å²) in [7, 11) is 3.84. The van der Waals surface area contributed by atoms with Gasteiger partial charge in [-0.25, -0.2) is 0 Å². The zero-order valence-corrected chi connectivity index (χ0v) is 16.8. The zero-order valence-electron chi connectivity index (χ0n) is 16.8. The fraction of sp³-hybridized carbons (Fsp3) is 0.391. The van der Waals surface area contributed by atoms with Gasteiger partial charge in [0.1, 0.15) is 5.75 Å². The van der Waals surface area contributed by atoms with Crippen molar-refractivity contribution in [1.29, 1.82) is 0 Å². The molecule has 152 valence electrons. The third kappa shape index (κ3) is 3.27. The van der Waals surface area contributed by atoms with Crippen LogP contribution in [0.5, 0.6) is 5.75 Å². The summed E-state index contributed by atoms with van der Waals surface area (Å²) in [5, 5.41) is 21.2. The number of hydrogen-bond donors (Lipinski definition) is 2. The number of phenols is 1. The molecule has 2 aliphatic rings. The molecule has 2 aromatic carbocycles. The van der Waals surface area contributed by atoms with Gasteiger partial charge in [-0.3, -0.25) is 9.59 Å². The van der Waals surface area contributed by atoms with Crippen molar-refractivity contribution in [3.63, 3.8) is 0 Å². The summed E-state index contributed by atoms with van der Waals surface area (Å²) >= 11 is 0. The molecule has 4 rings (SSSR count). The van der Waals surface area contributed by atoms with Gasteiger partial charge in [0, 0.05) is 29.2 Å². The minimum Gasteiger partial charge on any atom is -0.507 e. The summed E-state index contributed by atoms with van der Waals surface area (Å²) in [6.45, 7) is 1.83. The molecule has 2 aromatic rings. The second-order valence-corrected chi connectivity index (χ2v) is 8.12. The van der Waals surface area contributed by atoms with E-state index in [-0.39, 0.29) is 46.7 Å². The predicted octanol–water partition coefficient (Wildman–Crippen LogP) is 2.18. The maximum Gasteiger partial charge on any atom is 0.198 e. The van der Waals surface area contributed by atoms with Gasteiger partial charge in [-0.2, -0.15) is 0 Å². The molecule has 29 heavy (non-hydrogen) atoms. The first-order chi connectivity index (χ1) is 13.8. The highest BCUT2D eigenvalue weighted by Crippen LogP contribution is 2.36. The number of ketones is 2. The highest BCUT2D eigenvalue weighted by molar-refractivity contribution is 6.29. The third-order valence-corrected chi connectivity index (χ3v) is 6.05. The van der Waals surface area contributed by atoms with Crippen LogP contribution >= 0.6 is 0 Å². The van der Waals surface area contributed by atoms with Crippen LogP contribution in [0.3, 0.4) is 0 Å². The van der Waals surface area contributed by atoms with E-state index in [2.05, 4.69) is 0 Å². The first-order valence-electron chi connectivity index (χ1n) is 9.82. The first-order valence-corrected chi connectivity index (χ1v) is 9.82. The quantitative estimate of drug-likeness (QED) is 0.707. The number of likely N-dealkylation sites (N-methyl/N-ethyl adjacent to an activating group) is 1. The number of carbonyl (C=O) groups is 2. The fourth-order valence-electron chi connectivity index (χ4n) is 4.43. The number of carbonyl (C=O) groups excluding carboxylic acids is 2. The molecule has 0 radical (unpaired) electrons. The number of nitrogens with zero attached hydrogens (tertiary/aromatic N) is 1. The van der Waals surface area contributed by atoms with Crippen molar-refractivity contribution >= 4 is 11.6 Å². The maximum atomic E-state index is 13.0. The minimum atomic E-state index is -0.589. The van der Waals surface area contributed by atoms with Crippen LogP contribution in [0.4, 0.5) is 0 Å². The van der Waals surface area contributed by atoms with Crippen molar-refractivity contribution in [3.8, 4) is 5.75 Å². The molecule has 0 saturated carbocycles. The lowest BCUT2D eigenvalue weighted by Crippen LogP contribution is -2.53. The smallest absolute Gasteiger partial charge is 0.198 e. The van der Waals surface area contributed by atoms with Crippen LogP contribution in [0.2, 0.25) is 0 Å². The Kier molecular flexibility index (Phi) is 5.02. The number of phenolic OH excluding ortho intramolecular Hbond substituents is 1. The van der Waals surface area contributed by atoms with Crippen molar-refractivity contribution in [2.75, 3.05) is 14.1 Å². The molecule has 2 N–H and O–H groups in total. The van der Waals surface area contributed by atoms with Crippen LogP contribution in [-0.2, 0) is 11.2 Å². The molecule has 1 aliphatic heterocycles. The van der Waals surface area contributed by atoms with Crippen LogP contribution in [0, 0.1) is 0 Å². The normalized spacial score (nSPS) is 26.4. The van der Waals surface area contributed by atoms with Crippen LogP contribution < -0.4 is 0 Å². The van der Waals surface area contributed by atoms with E-state index in [0.717, 1.165) is 0 Å². The molecule has 0 bridgehead atoms. The lowest BCUT2D eigenvalue weighted by atomic mass is 9.82. The fourth-order valence-corrected chi connectivity index (χ4v) is 4.43. The Morgan fingerprint density at radius 3 is 2.34 bits per heavy atom. The van der Waals surface area contributed by atoms with Crippen molar-refractivity contribution < 1.29 is 24.5 Å². The van der Waals surface area contributed by atoms with Gasteiger partial charge in [-0.1, -0.05) is 30.3 Å². The molecule has 6 heteroatoms. The Hall–Kier alpha value is -2.54. The molecule has 4 atom stereocenters. The average Bonchev–Trinajstić information content (AvgIpc) is 2.70. The second-order valence-electron chi connectivity index (χ2n) is 8.12. The van der Waals surface area contributed by atoms with Crippen molar-refractivity contribution in [1.82, 2.24) is 4.90 Å². The van der Waals surface area contributed by atoms with Gasteiger partial charge in [-0.05, 0) is 39.1 Å². The lowest BCUT2D eigenvalue weighted by Gasteiger charge is -2.41. The maximum absolute atomic E-state index is 13.0. The Bertz CT molecular complexity index is 983. The van der Waals surface area contributed by atoms with E-state index in [1.807, 2.05) is 25.9 Å². The van der Waals surface area contributed by atoms with Gasteiger partial charge in [0.05, 0.1) is 23.9 Å². The number of rotatable bonds is 3. The molecular weight excluding hydrogens is 370 g/mol. The SMILES string of the molecule is C[C@H]1O[C@H](Cc2ccc3c(c2O)C(=O)c2ccccc2C3=O)C[C@H](N(C)C)[C@@H]1O. The van der Waals surface area contributed by atoms with E-state index in [0.29, 0.717) is 29.5 Å². The molecule has 0 spiro atoms. The highest BCUT2D eigenvalue weighted by atomic mass is 16.5. The Morgan fingerprint density at radius 2 is 1.69 bits per heavy atom. The molecule has 1 heterocycles. The second kappa shape index (κ2) is 7.37. The van der Waals surface area contributed by atoms with Crippen LogP contribution in [-0.4, -0.2) is 65.1 Å². The summed E-state index contributed by atoms with van der Waals surface area (Å²) < 4.78 is 5.95. The number of hydrogen-bond acceptors (Lipinski definition) is 6. The molecule has 1 saturated heterocycles. The molecule has 1 aliphatic carbocycles.